The molecule has 0 fully saturated rings. The zero-order valence-electron chi connectivity index (χ0n) is 11.3. The topological polar surface area (TPSA) is 55.1 Å². The van der Waals surface area contributed by atoms with Crippen molar-refractivity contribution in [3.05, 3.63) is 59.5 Å². The van der Waals surface area contributed by atoms with Gasteiger partial charge in [-0.1, -0.05) is 17.7 Å². The number of hydrogen-bond acceptors (Lipinski definition) is 3. The predicted molar refractivity (Wildman–Crippen MR) is 77.9 cm³/mol. The Bertz CT molecular complexity index is 790. The van der Waals surface area contributed by atoms with Gasteiger partial charge in [-0.05, 0) is 43.7 Å². The minimum atomic E-state index is -0.151. The van der Waals surface area contributed by atoms with Gasteiger partial charge in [0.25, 0.3) is 5.91 Å². The standard InChI is InChI=1S/C16H14N2O2/c1-10-3-5-13(11(2)7-10)18-16(19)12-4-6-15-14(8-12)17-9-20-15/h3-9H,1-2H3,(H,18,19). The molecule has 0 aliphatic heterocycles. The van der Waals surface area contributed by atoms with Crippen LogP contribution >= 0.6 is 0 Å². The van der Waals surface area contributed by atoms with Crippen molar-refractivity contribution in [1.82, 2.24) is 4.98 Å². The molecule has 0 aliphatic rings. The van der Waals surface area contributed by atoms with Gasteiger partial charge in [0.1, 0.15) is 5.52 Å². The maximum Gasteiger partial charge on any atom is 0.255 e. The van der Waals surface area contributed by atoms with Crippen molar-refractivity contribution in [1.29, 1.82) is 0 Å². The molecular weight excluding hydrogens is 252 g/mol. The second-order valence-electron chi connectivity index (χ2n) is 4.81. The zero-order chi connectivity index (χ0) is 14.1. The van der Waals surface area contributed by atoms with Crippen molar-refractivity contribution < 1.29 is 9.21 Å². The molecule has 0 saturated carbocycles. The average molecular weight is 266 g/mol. The van der Waals surface area contributed by atoms with Crippen LogP contribution in [0.5, 0.6) is 0 Å². The van der Waals surface area contributed by atoms with Crippen LogP contribution in [0.1, 0.15) is 21.5 Å². The number of aryl methyl sites for hydroxylation is 2. The van der Waals surface area contributed by atoms with Gasteiger partial charge in [-0.15, -0.1) is 0 Å². The van der Waals surface area contributed by atoms with Crippen molar-refractivity contribution >= 4 is 22.7 Å². The van der Waals surface area contributed by atoms with E-state index < -0.39 is 0 Å². The monoisotopic (exact) mass is 266 g/mol. The van der Waals surface area contributed by atoms with E-state index in [9.17, 15) is 4.79 Å². The number of nitrogens with zero attached hydrogens (tertiary/aromatic N) is 1. The van der Waals surface area contributed by atoms with Crippen LogP contribution in [-0.4, -0.2) is 10.9 Å². The molecule has 0 radical (unpaired) electrons. The van der Waals surface area contributed by atoms with E-state index in [-0.39, 0.29) is 5.91 Å². The van der Waals surface area contributed by atoms with Crippen LogP contribution in [0.2, 0.25) is 0 Å². The van der Waals surface area contributed by atoms with E-state index in [2.05, 4.69) is 10.3 Å². The maximum atomic E-state index is 12.2. The molecule has 0 atom stereocenters. The highest BCUT2D eigenvalue weighted by molar-refractivity contribution is 6.06. The summed E-state index contributed by atoms with van der Waals surface area (Å²) >= 11 is 0. The van der Waals surface area contributed by atoms with Crippen molar-refractivity contribution in [2.75, 3.05) is 5.32 Å². The fraction of sp³-hybridized carbons (Fsp3) is 0.125. The predicted octanol–water partition coefficient (Wildman–Crippen LogP) is 3.70. The first-order valence-electron chi connectivity index (χ1n) is 6.35. The Kier molecular flexibility index (Phi) is 2.99. The fourth-order valence-corrected chi connectivity index (χ4v) is 2.15. The van der Waals surface area contributed by atoms with Crippen LogP contribution in [0, 0.1) is 13.8 Å². The summed E-state index contributed by atoms with van der Waals surface area (Å²) in [5.74, 6) is -0.151. The van der Waals surface area contributed by atoms with Crippen LogP contribution in [0.4, 0.5) is 5.69 Å². The van der Waals surface area contributed by atoms with E-state index >= 15 is 0 Å². The summed E-state index contributed by atoms with van der Waals surface area (Å²) in [6, 6.07) is 11.1. The van der Waals surface area contributed by atoms with Gasteiger partial charge in [-0.25, -0.2) is 4.98 Å². The van der Waals surface area contributed by atoms with E-state index in [1.807, 2.05) is 32.0 Å². The Morgan fingerprint density at radius 1 is 1.15 bits per heavy atom. The lowest BCUT2D eigenvalue weighted by atomic mass is 10.1. The Morgan fingerprint density at radius 2 is 2.00 bits per heavy atom. The highest BCUT2D eigenvalue weighted by Gasteiger charge is 2.09. The second-order valence-corrected chi connectivity index (χ2v) is 4.81. The largest absolute Gasteiger partial charge is 0.443 e. The van der Waals surface area contributed by atoms with Gasteiger partial charge in [-0.2, -0.15) is 0 Å². The molecule has 3 aromatic rings. The number of fused-ring (bicyclic) bond motifs is 1. The lowest BCUT2D eigenvalue weighted by Crippen LogP contribution is -2.12. The molecule has 1 amide bonds. The molecule has 4 nitrogen and oxygen atoms in total. The first-order valence-corrected chi connectivity index (χ1v) is 6.35. The fourth-order valence-electron chi connectivity index (χ4n) is 2.15. The minimum Gasteiger partial charge on any atom is -0.443 e. The van der Waals surface area contributed by atoms with E-state index in [0.717, 1.165) is 11.3 Å². The van der Waals surface area contributed by atoms with Crippen LogP contribution in [-0.2, 0) is 0 Å². The van der Waals surface area contributed by atoms with E-state index in [1.54, 1.807) is 18.2 Å². The molecule has 0 spiro atoms. The molecule has 2 aromatic carbocycles. The van der Waals surface area contributed by atoms with Crippen LogP contribution in [0.3, 0.4) is 0 Å². The Labute approximate surface area is 116 Å². The molecule has 4 heteroatoms. The van der Waals surface area contributed by atoms with Gasteiger partial charge in [-0.3, -0.25) is 4.79 Å². The summed E-state index contributed by atoms with van der Waals surface area (Å²) in [5, 5.41) is 2.91. The van der Waals surface area contributed by atoms with Gasteiger partial charge in [0.15, 0.2) is 12.0 Å². The van der Waals surface area contributed by atoms with Crippen molar-refractivity contribution in [2.24, 2.45) is 0 Å². The number of oxazole rings is 1. The summed E-state index contributed by atoms with van der Waals surface area (Å²) in [6.07, 6.45) is 1.37. The number of rotatable bonds is 2. The third-order valence-corrected chi connectivity index (χ3v) is 3.22. The average Bonchev–Trinajstić information content (AvgIpc) is 2.89. The highest BCUT2D eigenvalue weighted by Crippen LogP contribution is 2.19. The van der Waals surface area contributed by atoms with E-state index in [1.165, 1.54) is 12.0 Å². The number of carbonyl (C=O) groups is 1. The van der Waals surface area contributed by atoms with Gasteiger partial charge in [0, 0.05) is 11.3 Å². The molecule has 0 unspecified atom stereocenters. The summed E-state index contributed by atoms with van der Waals surface area (Å²) < 4.78 is 5.16. The highest BCUT2D eigenvalue weighted by atomic mass is 16.3. The molecule has 20 heavy (non-hydrogen) atoms. The number of amides is 1. The van der Waals surface area contributed by atoms with Gasteiger partial charge in [0.2, 0.25) is 0 Å². The summed E-state index contributed by atoms with van der Waals surface area (Å²) in [6.45, 7) is 4.00. The molecule has 100 valence electrons. The molecule has 1 N–H and O–H groups in total. The van der Waals surface area contributed by atoms with Gasteiger partial charge >= 0.3 is 0 Å². The zero-order valence-corrected chi connectivity index (χ0v) is 11.3. The molecule has 1 aromatic heterocycles. The van der Waals surface area contributed by atoms with Crippen molar-refractivity contribution in [3.63, 3.8) is 0 Å². The van der Waals surface area contributed by atoms with Gasteiger partial charge < -0.3 is 9.73 Å². The third-order valence-electron chi connectivity index (χ3n) is 3.22. The Morgan fingerprint density at radius 3 is 2.80 bits per heavy atom. The second kappa shape index (κ2) is 4.81. The smallest absolute Gasteiger partial charge is 0.255 e. The van der Waals surface area contributed by atoms with E-state index in [4.69, 9.17) is 4.42 Å². The van der Waals surface area contributed by atoms with Crippen molar-refractivity contribution in [3.8, 4) is 0 Å². The maximum absolute atomic E-state index is 12.2. The first kappa shape index (κ1) is 12.4. The summed E-state index contributed by atoms with van der Waals surface area (Å²) in [4.78, 5) is 16.3. The SMILES string of the molecule is Cc1ccc(NC(=O)c2ccc3ocnc3c2)c(C)c1. The lowest BCUT2D eigenvalue weighted by molar-refractivity contribution is 0.102. The first-order chi connectivity index (χ1) is 9.63. The molecule has 0 aliphatic carbocycles. The molecule has 3 rings (SSSR count). The van der Waals surface area contributed by atoms with Crippen molar-refractivity contribution in [2.45, 2.75) is 13.8 Å². The number of hydrogen-bond donors (Lipinski definition) is 1. The number of carbonyl (C=O) groups excluding carboxylic acids is 1. The summed E-state index contributed by atoms with van der Waals surface area (Å²) in [7, 11) is 0. The third kappa shape index (κ3) is 2.28. The van der Waals surface area contributed by atoms with Crippen LogP contribution in [0.25, 0.3) is 11.1 Å². The number of nitrogens with one attached hydrogen (secondary N) is 1. The molecule has 0 saturated heterocycles. The molecular formula is C16H14N2O2. The van der Waals surface area contributed by atoms with E-state index in [0.29, 0.717) is 16.7 Å². The quantitative estimate of drug-likeness (QED) is 0.769. The Hall–Kier alpha value is -2.62. The number of anilines is 1. The lowest BCUT2D eigenvalue weighted by Gasteiger charge is -2.09. The normalized spacial score (nSPS) is 10.7. The summed E-state index contributed by atoms with van der Waals surface area (Å²) in [5.41, 5.74) is 4.95. The number of benzene rings is 2. The minimum absolute atomic E-state index is 0.151. The van der Waals surface area contributed by atoms with Crippen LogP contribution in [0.15, 0.2) is 47.2 Å². The van der Waals surface area contributed by atoms with Crippen LogP contribution < -0.4 is 5.32 Å². The van der Waals surface area contributed by atoms with Gasteiger partial charge in [0.05, 0.1) is 0 Å². The Balaban J connectivity index is 1.88. The molecule has 0 bridgehead atoms. The number of aromatic nitrogens is 1. The molecule has 1 heterocycles.